The molecule has 0 aliphatic rings. The third kappa shape index (κ3) is 3.69. The topological polar surface area (TPSA) is 98.8 Å². The minimum atomic E-state index is 0.235. The van der Waals surface area contributed by atoms with Gasteiger partial charge in [-0.3, -0.25) is 4.98 Å². The lowest BCUT2D eigenvalue weighted by molar-refractivity contribution is 0.469. The van der Waals surface area contributed by atoms with Crippen molar-refractivity contribution < 1.29 is 4.74 Å². The molecule has 134 valence electrons. The van der Waals surface area contributed by atoms with E-state index < -0.39 is 0 Å². The minimum absolute atomic E-state index is 0.235. The van der Waals surface area contributed by atoms with Crippen molar-refractivity contribution in [2.45, 2.75) is 0 Å². The smallest absolute Gasteiger partial charge is 0.248 e. The number of hydrogen-bond donors (Lipinski definition) is 2. The molecule has 0 spiro atoms. The molecule has 1 aromatic carbocycles. The van der Waals surface area contributed by atoms with E-state index in [0.717, 1.165) is 14.3 Å². The highest BCUT2D eigenvalue weighted by molar-refractivity contribution is 9.11. The Labute approximate surface area is 171 Å². The van der Waals surface area contributed by atoms with Crippen molar-refractivity contribution in [2.24, 2.45) is 0 Å². The lowest BCUT2D eigenvalue weighted by Crippen LogP contribution is -2.04. The summed E-state index contributed by atoms with van der Waals surface area (Å²) in [4.78, 5) is 17.0. The van der Waals surface area contributed by atoms with Crippen LogP contribution in [0.3, 0.4) is 0 Å². The molecule has 0 saturated carbocycles. The van der Waals surface area contributed by atoms with E-state index in [9.17, 15) is 0 Å². The van der Waals surface area contributed by atoms with E-state index in [1.165, 1.54) is 6.33 Å². The molecule has 0 fully saturated rings. The van der Waals surface area contributed by atoms with Gasteiger partial charge in [0.05, 0.1) is 0 Å². The van der Waals surface area contributed by atoms with Crippen LogP contribution >= 0.6 is 31.9 Å². The Morgan fingerprint density at radius 2 is 1.85 bits per heavy atom. The highest BCUT2D eigenvalue weighted by Gasteiger charge is 2.14. The molecule has 0 unspecified atom stereocenters. The summed E-state index contributed by atoms with van der Waals surface area (Å²) in [6, 6.07) is 11.2. The van der Waals surface area contributed by atoms with Gasteiger partial charge >= 0.3 is 0 Å². The first-order chi connectivity index (χ1) is 13.1. The van der Waals surface area contributed by atoms with Gasteiger partial charge < -0.3 is 15.8 Å². The molecule has 27 heavy (non-hydrogen) atoms. The second-order valence-electron chi connectivity index (χ2n) is 5.47. The molecule has 0 bridgehead atoms. The van der Waals surface area contributed by atoms with Crippen LogP contribution in [0.1, 0.15) is 0 Å². The first-order valence-electron chi connectivity index (χ1n) is 7.82. The molecular weight excluding hydrogens is 476 g/mol. The molecule has 3 N–H and O–H groups in total. The summed E-state index contributed by atoms with van der Waals surface area (Å²) in [6.45, 7) is 0. The molecule has 0 amide bonds. The number of hydrogen-bond acceptors (Lipinski definition) is 7. The maximum Gasteiger partial charge on any atom is 0.248 e. The predicted octanol–water partition coefficient (Wildman–Crippen LogP) is 5.06. The third-order valence-electron chi connectivity index (χ3n) is 3.71. The van der Waals surface area contributed by atoms with Gasteiger partial charge in [0.25, 0.3) is 0 Å². The van der Waals surface area contributed by atoms with Gasteiger partial charge in [0.1, 0.15) is 23.3 Å². The van der Waals surface area contributed by atoms with Gasteiger partial charge in [-0.1, -0.05) is 22.0 Å². The molecular formula is C18H12Br2N6O. The highest BCUT2D eigenvalue weighted by Crippen LogP contribution is 2.35. The number of fused-ring (bicyclic) bond motifs is 1. The number of pyridine rings is 2. The Balaban J connectivity index is 1.68. The zero-order valence-corrected chi connectivity index (χ0v) is 16.9. The van der Waals surface area contributed by atoms with Crippen LogP contribution in [-0.4, -0.2) is 19.9 Å². The number of anilines is 3. The van der Waals surface area contributed by atoms with Crippen molar-refractivity contribution >= 4 is 60.1 Å². The van der Waals surface area contributed by atoms with Crippen LogP contribution in [0, 0.1) is 0 Å². The van der Waals surface area contributed by atoms with E-state index in [1.807, 2.05) is 30.3 Å². The summed E-state index contributed by atoms with van der Waals surface area (Å²) in [7, 11) is 0. The zero-order chi connectivity index (χ0) is 18.8. The van der Waals surface area contributed by atoms with Crippen LogP contribution < -0.4 is 15.8 Å². The lowest BCUT2D eigenvalue weighted by atomic mass is 10.2. The second kappa shape index (κ2) is 7.45. The van der Waals surface area contributed by atoms with Crippen LogP contribution in [-0.2, 0) is 0 Å². The first kappa shape index (κ1) is 17.6. The number of benzene rings is 1. The molecule has 3 heterocycles. The molecule has 4 rings (SSSR count). The van der Waals surface area contributed by atoms with E-state index in [0.29, 0.717) is 22.9 Å². The second-order valence-corrected chi connectivity index (χ2v) is 7.24. The maximum atomic E-state index is 6.20. The SMILES string of the molecule is Nc1c(Nc2ccc(Br)cn2)ncnc1Oc1ccc(Br)c2cccnc12. The average molecular weight is 488 g/mol. The fourth-order valence-corrected chi connectivity index (χ4v) is 3.12. The molecule has 0 radical (unpaired) electrons. The van der Waals surface area contributed by atoms with Crippen molar-refractivity contribution in [2.75, 3.05) is 11.1 Å². The van der Waals surface area contributed by atoms with Gasteiger partial charge in [-0.15, -0.1) is 0 Å². The molecule has 0 atom stereocenters. The summed E-state index contributed by atoms with van der Waals surface area (Å²) in [5.41, 5.74) is 7.18. The molecule has 7 nitrogen and oxygen atoms in total. The molecule has 4 aromatic rings. The fourth-order valence-electron chi connectivity index (χ4n) is 2.43. The van der Waals surface area contributed by atoms with E-state index in [1.54, 1.807) is 18.5 Å². The summed E-state index contributed by atoms with van der Waals surface area (Å²) < 4.78 is 7.75. The van der Waals surface area contributed by atoms with E-state index in [-0.39, 0.29) is 11.6 Å². The van der Waals surface area contributed by atoms with E-state index in [2.05, 4.69) is 57.1 Å². The third-order valence-corrected chi connectivity index (χ3v) is 4.87. The number of nitrogen functional groups attached to an aromatic ring is 1. The monoisotopic (exact) mass is 486 g/mol. The maximum absolute atomic E-state index is 6.20. The van der Waals surface area contributed by atoms with Gasteiger partial charge in [0.2, 0.25) is 5.88 Å². The summed E-state index contributed by atoms with van der Waals surface area (Å²) in [5.74, 6) is 1.79. The normalized spacial score (nSPS) is 10.7. The highest BCUT2D eigenvalue weighted by atomic mass is 79.9. The summed E-state index contributed by atoms with van der Waals surface area (Å²) in [5, 5.41) is 3.99. The summed E-state index contributed by atoms with van der Waals surface area (Å²) >= 11 is 6.87. The van der Waals surface area contributed by atoms with Crippen LogP contribution in [0.25, 0.3) is 10.9 Å². The van der Waals surface area contributed by atoms with Crippen LogP contribution in [0.15, 0.2) is 64.1 Å². The Hall–Kier alpha value is -2.78. The van der Waals surface area contributed by atoms with Gasteiger partial charge in [-0.05, 0) is 46.3 Å². The number of aromatic nitrogens is 4. The average Bonchev–Trinajstić information content (AvgIpc) is 2.69. The molecule has 0 saturated heterocycles. The lowest BCUT2D eigenvalue weighted by Gasteiger charge is -2.12. The van der Waals surface area contributed by atoms with Crippen molar-refractivity contribution in [3.05, 3.63) is 64.1 Å². The Bertz CT molecular complexity index is 1120. The van der Waals surface area contributed by atoms with Gasteiger partial charge in [-0.2, -0.15) is 4.98 Å². The minimum Gasteiger partial charge on any atom is -0.435 e. The number of nitrogens with zero attached hydrogens (tertiary/aromatic N) is 4. The Kier molecular flexibility index (Phi) is 4.87. The van der Waals surface area contributed by atoms with Crippen LogP contribution in [0.2, 0.25) is 0 Å². The number of ether oxygens (including phenoxy) is 1. The standard InChI is InChI=1S/C18H12Br2N6O/c19-10-3-6-14(23-8-10)26-17-15(21)18(25-9-24-17)27-13-5-4-12(20)11-2-1-7-22-16(11)13/h1-9H,21H2,(H,23,24,25,26). The van der Waals surface area contributed by atoms with Gasteiger partial charge in [-0.25, -0.2) is 9.97 Å². The quantitative estimate of drug-likeness (QED) is 0.414. The van der Waals surface area contributed by atoms with Gasteiger partial charge in [0, 0.05) is 26.7 Å². The number of nitrogens with two attached hydrogens (primary N) is 1. The molecule has 9 heteroatoms. The van der Waals surface area contributed by atoms with E-state index >= 15 is 0 Å². The number of halogens is 2. The Morgan fingerprint density at radius 1 is 0.963 bits per heavy atom. The Morgan fingerprint density at radius 3 is 2.67 bits per heavy atom. The van der Waals surface area contributed by atoms with Crippen molar-refractivity contribution in [1.82, 2.24) is 19.9 Å². The van der Waals surface area contributed by atoms with Crippen LogP contribution in [0.4, 0.5) is 17.3 Å². The largest absolute Gasteiger partial charge is 0.435 e. The van der Waals surface area contributed by atoms with Crippen molar-refractivity contribution in [3.8, 4) is 11.6 Å². The number of nitrogens with one attached hydrogen (secondary N) is 1. The zero-order valence-electron chi connectivity index (χ0n) is 13.7. The first-order valence-corrected chi connectivity index (χ1v) is 9.40. The van der Waals surface area contributed by atoms with E-state index in [4.69, 9.17) is 10.5 Å². The molecule has 0 aliphatic heterocycles. The van der Waals surface area contributed by atoms with Crippen LogP contribution in [0.5, 0.6) is 11.6 Å². The summed E-state index contributed by atoms with van der Waals surface area (Å²) in [6.07, 6.45) is 4.76. The molecule has 3 aromatic heterocycles. The predicted molar refractivity (Wildman–Crippen MR) is 111 cm³/mol. The fraction of sp³-hybridized carbons (Fsp3) is 0. The van der Waals surface area contributed by atoms with Crippen molar-refractivity contribution in [1.29, 1.82) is 0 Å². The van der Waals surface area contributed by atoms with Gasteiger partial charge in [0.15, 0.2) is 11.6 Å². The van der Waals surface area contributed by atoms with Crippen molar-refractivity contribution in [3.63, 3.8) is 0 Å². The molecule has 0 aliphatic carbocycles. The number of rotatable bonds is 4.